The first-order valence-corrected chi connectivity index (χ1v) is 6.92. The minimum Gasteiger partial charge on any atom is -0.492 e. The van der Waals surface area contributed by atoms with Crippen LogP contribution in [0.15, 0.2) is 36.4 Å². The molecule has 0 radical (unpaired) electrons. The number of aryl methyl sites for hydroxylation is 1. The van der Waals surface area contributed by atoms with Gasteiger partial charge in [-0.2, -0.15) is 0 Å². The van der Waals surface area contributed by atoms with Crippen LogP contribution in [0.1, 0.15) is 31.2 Å². The quantitative estimate of drug-likeness (QED) is 0.818. The minimum atomic E-state index is 0.401. The summed E-state index contributed by atoms with van der Waals surface area (Å²) in [6, 6.07) is 11.8. The molecule has 2 rings (SSSR count). The topological polar surface area (TPSA) is 47.0 Å². The number of ether oxygens (including phenoxy) is 1. The molecule has 0 aliphatic carbocycles. The molecule has 0 bridgehead atoms. The molecule has 0 unspecified atom stereocenters. The van der Waals surface area contributed by atoms with Gasteiger partial charge in [0.25, 0.3) is 0 Å². The molecule has 0 fully saturated rings. The summed E-state index contributed by atoms with van der Waals surface area (Å²) in [6.07, 6.45) is 0. The number of nitrogens with one attached hydrogen (secondary N) is 1. The van der Waals surface area contributed by atoms with Crippen LogP contribution in [0.5, 0.6) is 5.75 Å². The largest absolute Gasteiger partial charge is 0.492 e. The molecule has 0 aliphatic rings. The van der Waals surface area contributed by atoms with Crippen molar-refractivity contribution >= 4 is 5.95 Å². The van der Waals surface area contributed by atoms with E-state index < -0.39 is 0 Å². The van der Waals surface area contributed by atoms with E-state index in [-0.39, 0.29) is 0 Å². The van der Waals surface area contributed by atoms with Gasteiger partial charge in [-0.3, -0.25) is 0 Å². The first kappa shape index (κ1) is 14.3. The van der Waals surface area contributed by atoms with Gasteiger partial charge in [-0.1, -0.05) is 32.0 Å². The molecular weight excluding hydrogens is 250 g/mol. The third-order valence-electron chi connectivity index (χ3n) is 2.86. The maximum absolute atomic E-state index is 5.62. The van der Waals surface area contributed by atoms with Gasteiger partial charge in [0, 0.05) is 11.4 Å². The number of benzene rings is 1. The van der Waals surface area contributed by atoms with E-state index in [0.29, 0.717) is 25.0 Å². The summed E-state index contributed by atoms with van der Waals surface area (Å²) >= 11 is 0. The summed E-state index contributed by atoms with van der Waals surface area (Å²) in [6.45, 7) is 7.50. The molecule has 0 saturated heterocycles. The van der Waals surface area contributed by atoms with Crippen LogP contribution in [0.2, 0.25) is 0 Å². The Balaban J connectivity index is 1.85. The molecule has 4 nitrogen and oxygen atoms in total. The predicted molar refractivity (Wildman–Crippen MR) is 81.3 cm³/mol. The monoisotopic (exact) mass is 271 g/mol. The van der Waals surface area contributed by atoms with Gasteiger partial charge >= 0.3 is 0 Å². The number of rotatable bonds is 6. The van der Waals surface area contributed by atoms with E-state index in [4.69, 9.17) is 4.74 Å². The van der Waals surface area contributed by atoms with Crippen molar-refractivity contribution in [2.24, 2.45) is 0 Å². The first-order valence-electron chi connectivity index (χ1n) is 6.92. The summed E-state index contributed by atoms with van der Waals surface area (Å²) in [4.78, 5) is 8.88. The van der Waals surface area contributed by atoms with Crippen molar-refractivity contribution < 1.29 is 4.74 Å². The molecule has 1 aromatic carbocycles. The molecule has 2 aromatic rings. The lowest BCUT2D eigenvalue weighted by molar-refractivity contribution is 0.332. The molecule has 4 heteroatoms. The molecule has 0 aliphatic heterocycles. The highest BCUT2D eigenvalue weighted by molar-refractivity contribution is 5.29. The van der Waals surface area contributed by atoms with E-state index in [0.717, 1.165) is 17.1 Å². The Morgan fingerprint density at radius 1 is 1.15 bits per heavy atom. The van der Waals surface area contributed by atoms with Crippen molar-refractivity contribution in [3.63, 3.8) is 0 Å². The van der Waals surface area contributed by atoms with Gasteiger partial charge in [0.2, 0.25) is 5.95 Å². The van der Waals surface area contributed by atoms with E-state index in [1.165, 1.54) is 0 Å². The van der Waals surface area contributed by atoms with Crippen LogP contribution < -0.4 is 10.1 Å². The van der Waals surface area contributed by atoms with Crippen LogP contribution in [0.3, 0.4) is 0 Å². The minimum absolute atomic E-state index is 0.401. The van der Waals surface area contributed by atoms with Gasteiger partial charge in [0.1, 0.15) is 12.4 Å². The van der Waals surface area contributed by atoms with Gasteiger partial charge in [-0.05, 0) is 31.0 Å². The van der Waals surface area contributed by atoms with Gasteiger partial charge in [-0.25, -0.2) is 9.97 Å². The zero-order chi connectivity index (χ0) is 14.4. The summed E-state index contributed by atoms with van der Waals surface area (Å²) in [5.74, 6) is 1.95. The fourth-order valence-electron chi connectivity index (χ4n) is 1.82. The fourth-order valence-corrected chi connectivity index (χ4v) is 1.82. The van der Waals surface area contributed by atoms with E-state index in [1.807, 2.05) is 43.3 Å². The molecular formula is C16H21N3O. The van der Waals surface area contributed by atoms with Crippen LogP contribution in [-0.2, 0) is 0 Å². The van der Waals surface area contributed by atoms with Gasteiger partial charge in [0.05, 0.1) is 6.54 Å². The maximum Gasteiger partial charge on any atom is 0.223 e. The highest BCUT2D eigenvalue weighted by Gasteiger charge is 2.05. The van der Waals surface area contributed by atoms with E-state index in [1.54, 1.807) is 0 Å². The first-order chi connectivity index (χ1) is 9.65. The van der Waals surface area contributed by atoms with Crippen LogP contribution in [0.4, 0.5) is 5.95 Å². The highest BCUT2D eigenvalue weighted by atomic mass is 16.5. The summed E-state index contributed by atoms with van der Waals surface area (Å²) < 4.78 is 5.62. The Morgan fingerprint density at radius 3 is 2.60 bits per heavy atom. The van der Waals surface area contributed by atoms with Crippen LogP contribution >= 0.6 is 0 Å². The Labute approximate surface area is 120 Å². The van der Waals surface area contributed by atoms with Crippen molar-refractivity contribution in [3.8, 4) is 5.75 Å². The predicted octanol–water partition coefficient (Wildman–Crippen LogP) is 3.40. The lowest BCUT2D eigenvalue weighted by atomic mass is 10.1. The lowest BCUT2D eigenvalue weighted by Gasteiger charge is -2.10. The molecule has 1 aromatic heterocycles. The van der Waals surface area contributed by atoms with Crippen LogP contribution in [0, 0.1) is 6.92 Å². The summed E-state index contributed by atoms with van der Waals surface area (Å²) in [5.41, 5.74) is 2.04. The van der Waals surface area contributed by atoms with E-state index >= 15 is 0 Å². The number of hydrogen-bond acceptors (Lipinski definition) is 4. The normalized spacial score (nSPS) is 10.6. The molecule has 0 atom stereocenters. The van der Waals surface area contributed by atoms with Gasteiger partial charge in [-0.15, -0.1) is 0 Å². The van der Waals surface area contributed by atoms with Gasteiger partial charge in [0.15, 0.2) is 0 Å². The summed E-state index contributed by atoms with van der Waals surface area (Å²) in [5, 5.41) is 3.20. The molecule has 0 amide bonds. The SMILES string of the molecule is Cc1cc(C(C)C)nc(NCCOc2ccccc2)n1. The Bertz CT molecular complexity index is 541. The number of anilines is 1. The lowest BCUT2D eigenvalue weighted by Crippen LogP contribution is -2.14. The Hall–Kier alpha value is -2.10. The maximum atomic E-state index is 5.62. The average molecular weight is 271 g/mol. The smallest absolute Gasteiger partial charge is 0.223 e. The number of para-hydroxylation sites is 1. The van der Waals surface area contributed by atoms with Crippen molar-refractivity contribution in [1.29, 1.82) is 0 Å². The second kappa shape index (κ2) is 6.89. The second-order valence-electron chi connectivity index (χ2n) is 5.00. The van der Waals surface area contributed by atoms with E-state index in [2.05, 4.69) is 29.1 Å². The van der Waals surface area contributed by atoms with Crippen molar-refractivity contribution in [2.45, 2.75) is 26.7 Å². The summed E-state index contributed by atoms with van der Waals surface area (Å²) in [7, 11) is 0. The third-order valence-corrected chi connectivity index (χ3v) is 2.86. The Kier molecular flexibility index (Phi) is 4.93. The standard InChI is InChI=1S/C16H21N3O/c1-12(2)15-11-13(3)18-16(19-15)17-9-10-20-14-7-5-4-6-8-14/h4-8,11-12H,9-10H2,1-3H3,(H,17,18,19). The van der Waals surface area contributed by atoms with Crippen molar-refractivity contribution in [3.05, 3.63) is 47.8 Å². The Morgan fingerprint density at radius 2 is 1.90 bits per heavy atom. The zero-order valence-electron chi connectivity index (χ0n) is 12.3. The molecule has 106 valence electrons. The fraction of sp³-hybridized carbons (Fsp3) is 0.375. The van der Waals surface area contributed by atoms with Gasteiger partial charge < -0.3 is 10.1 Å². The molecule has 0 saturated carbocycles. The molecule has 1 N–H and O–H groups in total. The number of nitrogens with zero attached hydrogens (tertiary/aromatic N) is 2. The highest BCUT2D eigenvalue weighted by Crippen LogP contribution is 2.14. The van der Waals surface area contributed by atoms with Crippen LogP contribution in [-0.4, -0.2) is 23.1 Å². The third kappa shape index (κ3) is 4.23. The zero-order valence-corrected chi connectivity index (χ0v) is 12.3. The van der Waals surface area contributed by atoms with Crippen molar-refractivity contribution in [2.75, 3.05) is 18.5 Å². The second-order valence-corrected chi connectivity index (χ2v) is 5.00. The number of hydrogen-bond donors (Lipinski definition) is 1. The average Bonchev–Trinajstić information content (AvgIpc) is 2.44. The van der Waals surface area contributed by atoms with Crippen molar-refractivity contribution in [1.82, 2.24) is 9.97 Å². The van der Waals surface area contributed by atoms with E-state index in [9.17, 15) is 0 Å². The molecule has 20 heavy (non-hydrogen) atoms. The van der Waals surface area contributed by atoms with Crippen LogP contribution in [0.25, 0.3) is 0 Å². The molecule has 1 heterocycles. The molecule has 0 spiro atoms. The number of aromatic nitrogens is 2.